The largest absolute Gasteiger partial charge is 0.308 e. The highest BCUT2D eigenvalue weighted by atomic mass is 32.1. The first-order valence-electron chi connectivity index (χ1n) is 38.4. The van der Waals surface area contributed by atoms with Crippen LogP contribution in [0.2, 0.25) is 0 Å². The van der Waals surface area contributed by atoms with Crippen LogP contribution in [0.25, 0.3) is 190 Å². The Hall–Kier alpha value is -12.4. The molecule has 5 heterocycles. The van der Waals surface area contributed by atoms with Crippen molar-refractivity contribution in [2.24, 2.45) is 0 Å². The molecule has 0 spiro atoms. The summed E-state index contributed by atoms with van der Waals surface area (Å²) in [4.78, 5) is 19.4. The van der Waals surface area contributed by atoms with E-state index in [1.54, 1.807) is 22.7 Å². The van der Waals surface area contributed by atoms with E-state index in [0.29, 0.717) is 22.1 Å². The third-order valence-electron chi connectivity index (χ3n) is 18.1. The van der Waals surface area contributed by atoms with Gasteiger partial charge in [0.25, 0.3) is 0 Å². The molecular weight excluding hydrogens is 1210 g/mol. The van der Waals surface area contributed by atoms with E-state index >= 15 is 0 Å². The number of aromatic nitrogens is 5. The molecule has 96 heavy (non-hydrogen) atoms. The van der Waals surface area contributed by atoms with Gasteiger partial charge in [0.2, 0.25) is 0 Å². The highest BCUT2D eigenvalue weighted by molar-refractivity contribution is 7.27. The van der Waals surface area contributed by atoms with Crippen molar-refractivity contribution in [1.29, 1.82) is 0 Å². The van der Waals surface area contributed by atoms with Gasteiger partial charge in [-0.2, -0.15) is 0 Å². The minimum absolute atomic E-state index is 0.0566. The van der Waals surface area contributed by atoms with Crippen LogP contribution in [-0.4, -0.2) is 24.1 Å². The topological polar surface area (TPSA) is 52.9 Å². The van der Waals surface area contributed by atoms with Crippen molar-refractivity contribution in [2.75, 3.05) is 0 Å². The molecule has 0 saturated carbocycles. The molecule has 0 N–H and O–H groups in total. The smallest absolute Gasteiger partial charge is 0.197 e. The van der Waals surface area contributed by atoms with Crippen LogP contribution in [-0.2, 0) is 0 Å². The van der Waals surface area contributed by atoms with Gasteiger partial charge < -0.3 is 9.13 Å². The number of hydrogen-bond acceptors (Lipinski definition) is 5. The number of rotatable bonds is 10. The molecule has 0 aliphatic carbocycles. The lowest BCUT2D eigenvalue weighted by atomic mass is 9.95. The summed E-state index contributed by atoms with van der Waals surface area (Å²) in [6.45, 7) is 9.62. The second kappa shape index (κ2) is 22.4. The van der Waals surface area contributed by atoms with E-state index in [2.05, 4.69) is 89.8 Å². The van der Waals surface area contributed by atoms with Gasteiger partial charge in [0.15, 0.2) is 23.2 Å². The first-order valence-corrected chi connectivity index (χ1v) is 32.6. The Morgan fingerprint density at radius 2 is 0.677 bits per heavy atom. The van der Waals surface area contributed by atoms with E-state index in [1.807, 2.05) is 143 Å². The molecule has 5 aromatic heterocycles. The number of benzene rings is 14. The van der Waals surface area contributed by atoms with Gasteiger partial charge in [0.05, 0.1) is 60.6 Å². The molecular formula is C88H52N6S2. The summed E-state index contributed by atoms with van der Waals surface area (Å²) in [5.74, 6) is -1.55. The normalized spacial score (nSPS) is 13.9. The van der Waals surface area contributed by atoms with Gasteiger partial charge in [-0.25, -0.2) is 19.8 Å². The predicted molar refractivity (Wildman–Crippen MR) is 404 cm³/mol. The molecule has 8 heteroatoms. The van der Waals surface area contributed by atoms with Gasteiger partial charge in [0, 0.05) is 84.1 Å². The quantitative estimate of drug-likeness (QED) is 0.128. The average molecular weight is 1270 g/mol. The number of nitrogens with zero attached hydrogens (tertiary/aromatic N) is 6. The Morgan fingerprint density at radius 3 is 1.09 bits per heavy atom. The van der Waals surface area contributed by atoms with E-state index in [0.717, 1.165) is 106 Å². The average Bonchev–Trinajstić information content (AvgIpc) is 1.56. The predicted octanol–water partition coefficient (Wildman–Crippen LogP) is 24.7. The number of hydrogen-bond donors (Lipinski definition) is 0. The molecule has 0 unspecified atom stereocenters. The molecule has 6 nitrogen and oxygen atoms in total. The van der Waals surface area contributed by atoms with Crippen molar-refractivity contribution >= 4 is 112 Å². The summed E-state index contributed by atoms with van der Waals surface area (Å²) in [5.41, 5.74) is 8.04. The third kappa shape index (κ3) is 8.94. The molecule has 19 rings (SSSR count). The zero-order valence-electron chi connectivity index (χ0n) is 65.4. The third-order valence-corrected chi connectivity index (χ3v) is 20.5. The molecule has 0 fully saturated rings. The SMILES string of the molecule is [2H]c1c([2H])c([2H])c(-c2nc(-c3cc([N+]#[C-])c(-c4c([2H])c([2H])c([2H])c([2H])c4[2H])c(-n4c5ccc(-c6ccccc6)cc5c5c6sc7ccc(-c8ccccc8)cc7c6ccc54)c3-n3c4ccc(-c5ccccc5)cc4c4c5sc6ccc(-c7ccccc7)cc6c5ccc43)nc(-c3c([2H])c([2H])c([2H])c([2H])c3[2H])n2)c([2H])c1[2H]. The highest BCUT2D eigenvalue weighted by Gasteiger charge is 2.32. The maximum Gasteiger partial charge on any atom is 0.197 e. The summed E-state index contributed by atoms with van der Waals surface area (Å²) >= 11 is 3.19. The molecule has 14 aromatic carbocycles. The first kappa shape index (κ1) is 42.0. The molecule has 0 saturated heterocycles. The summed E-state index contributed by atoms with van der Waals surface area (Å²) in [6, 6.07) is 63.8. The Bertz CT molecular complexity index is 7170. The second-order valence-corrected chi connectivity index (χ2v) is 25.4. The van der Waals surface area contributed by atoms with Crippen LogP contribution in [0, 0.1) is 6.57 Å². The van der Waals surface area contributed by atoms with Gasteiger partial charge in [-0.15, -0.1) is 22.7 Å². The van der Waals surface area contributed by atoms with Crippen LogP contribution in [0.1, 0.15) is 20.6 Å². The second-order valence-electron chi connectivity index (χ2n) is 23.3. The van der Waals surface area contributed by atoms with Gasteiger partial charge >= 0.3 is 0 Å². The van der Waals surface area contributed by atoms with Crippen LogP contribution in [0.4, 0.5) is 5.69 Å². The van der Waals surface area contributed by atoms with Crippen LogP contribution >= 0.6 is 22.7 Å². The zero-order valence-corrected chi connectivity index (χ0v) is 52.0. The van der Waals surface area contributed by atoms with Crippen molar-refractivity contribution in [2.45, 2.75) is 0 Å². The number of thiophene rings is 2. The first-order chi connectivity index (χ1) is 53.8. The fourth-order valence-corrected chi connectivity index (χ4v) is 16.3. The van der Waals surface area contributed by atoms with Crippen LogP contribution in [0.15, 0.2) is 315 Å². The van der Waals surface area contributed by atoms with Crippen molar-refractivity contribution in [3.8, 4) is 101 Å². The summed E-state index contributed by atoms with van der Waals surface area (Å²) in [5, 5.41) is 6.81. The lowest BCUT2D eigenvalue weighted by Crippen LogP contribution is -2.10. The fraction of sp³-hybridized carbons (Fsp3) is 0. The van der Waals surface area contributed by atoms with E-state index < -0.39 is 119 Å². The van der Waals surface area contributed by atoms with E-state index in [-0.39, 0.29) is 33.8 Å². The molecule has 0 radical (unpaired) electrons. The van der Waals surface area contributed by atoms with Crippen molar-refractivity contribution in [3.63, 3.8) is 0 Å². The van der Waals surface area contributed by atoms with E-state index in [9.17, 15) is 17.5 Å². The molecule has 0 atom stereocenters. The maximum atomic E-state index is 10.2. The van der Waals surface area contributed by atoms with Crippen LogP contribution < -0.4 is 0 Å². The summed E-state index contributed by atoms with van der Waals surface area (Å²) in [6.07, 6.45) is 0. The van der Waals surface area contributed by atoms with Crippen molar-refractivity contribution in [3.05, 3.63) is 327 Å². The Morgan fingerprint density at radius 1 is 0.312 bits per heavy atom. The lowest BCUT2D eigenvalue weighted by molar-refractivity contribution is 1.05. The van der Waals surface area contributed by atoms with E-state index in [4.69, 9.17) is 24.5 Å². The van der Waals surface area contributed by atoms with Gasteiger partial charge in [-0.3, -0.25) is 0 Å². The minimum Gasteiger partial charge on any atom is -0.308 e. The molecule has 0 amide bonds. The number of fused-ring (bicyclic) bond motifs is 14. The van der Waals surface area contributed by atoms with Crippen LogP contribution in [0.5, 0.6) is 0 Å². The molecule has 0 aliphatic rings. The summed E-state index contributed by atoms with van der Waals surface area (Å²) in [7, 11) is 0. The Kier molecular flexibility index (Phi) is 9.81. The monoisotopic (exact) mass is 1270 g/mol. The molecule has 0 bridgehead atoms. The molecule has 0 aliphatic heterocycles. The van der Waals surface area contributed by atoms with Gasteiger partial charge in [0.1, 0.15) is 0 Å². The highest BCUT2D eigenvalue weighted by Crippen LogP contribution is 2.54. The lowest BCUT2D eigenvalue weighted by Gasteiger charge is -2.25. The van der Waals surface area contributed by atoms with Crippen LogP contribution in [0.3, 0.4) is 0 Å². The van der Waals surface area contributed by atoms with E-state index in [1.165, 1.54) is 6.07 Å². The standard InChI is InChI=1S/C88H52N6S2/c1-89-72-53-71(88-91-86(59-33-19-7-20-34-59)90-87(92-88)60-35-21-8-22-36-60)82(93-73-43-37-61(54-23-9-2-10-24-54)51-69(73)80-75(93)45-41-65-67-49-63(56-27-13-4-14-28-56)39-47-77(67)95-84(65)80)83(79(72)58-31-17-6-18-32-58)94-74-44-38-62(55-25-11-3-12-26-55)52-70(74)81-76(94)46-42-66-68-50-64(57-29-15-5-16-30-57)40-48-78(68)96-85(66)81/h2-53H/i6D,7D,8D,17D,18D,19D,20D,21D,22D,31D,32D,33D,34D,35D,36D. The van der Waals surface area contributed by atoms with Crippen molar-refractivity contribution < 1.29 is 20.6 Å². The maximum absolute atomic E-state index is 10.2. The summed E-state index contributed by atoms with van der Waals surface area (Å²) < 4.78 is 148. The molecule has 446 valence electrons. The molecule has 19 aromatic rings. The zero-order chi connectivity index (χ0) is 76.4. The van der Waals surface area contributed by atoms with Crippen molar-refractivity contribution in [1.82, 2.24) is 24.1 Å². The minimum atomic E-state index is -0.756. The van der Waals surface area contributed by atoms with Gasteiger partial charge in [-0.1, -0.05) is 248 Å². The van der Waals surface area contributed by atoms with Gasteiger partial charge in [-0.05, 0) is 117 Å². The Balaban J connectivity index is 1.07. The fourth-order valence-electron chi connectivity index (χ4n) is 13.8. The Labute approximate surface area is 581 Å².